The highest BCUT2D eigenvalue weighted by Gasteiger charge is 2.27. The van der Waals surface area contributed by atoms with Crippen LogP contribution in [0.15, 0.2) is 176 Å². The Hall–Kier alpha value is -6.29. The van der Waals surface area contributed by atoms with Crippen molar-refractivity contribution in [3.8, 4) is 39.1 Å². The first-order valence-corrected chi connectivity index (χ1v) is 19.1. The van der Waals surface area contributed by atoms with Gasteiger partial charge in [-0.05, 0) is 117 Å². The zero-order valence-electron chi connectivity index (χ0n) is 28.4. The molecule has 0 fully saturated rings. The summed E-state index contributed by atoms with van der Waals surface area (Å²) in [4.78, 5) is 21.2. The smallest absolute Gasteiger partial charge is 0.403 e. The number of rotatable bonds is 5. The number of hydrogen-bond donors (Lipinski definition) is 2. The molecule has 0 aliphatic heterocycles. The Morgan fingerprint density at radius 3 is 1.32 bits per heavy atom. The van der Waals surface area contributed by atoms with Crippen LogP contribution in [0.5, 0.6) is 5.75 Å². The third-order valence-corrected chi connectivity index (χ3v) is 10.9. The highest BCUT2D eigenvalue weighted by atomic mass is 31.2. The molecule has 10 aromatic rings. The molecule has 53 heavy (non-hydrogen) atoms. The lowest BCUT2D eigenvalue weighted by molar-refractivity contribution is 0.284. The van der Waals surface area contributed by atoms with Gasteiger partial charge in [-0.3, -0.25) is 9.79 Å². The van der Waals surface area contributed by atoms with Crippen molar-refractivity contribution in [1.82, 2.24) is 0 Å². The first kappa shape index (κ1) is 31.4. The summed E-state index contributed by atoms with van der Waals surface area (Å²) in [6.07, 6.45) is 0. The maximum atomic E-state index is 13.1. The van der Waals surface area contributed by atoms with Crippen molar-refractivity contribution in [1.29, 1.82) is 0 Å². The van der Waals surface area contributed by atoms with Gasteiger partial charge in [0, 0.05) is 11.1 Å². The van der Waals surface area contributed by atoms with Gasteiger partial charge in [-0.2, -0.15) is 0 Å². The summed E-state index contributed by atoms with van der Waals surface area (Å²) >= 11 is 0. The second-order valence-corrected chi connectivity index (χ2v) is 14.7. The van der Waals surface area contributed by atoms with E-state index in [2.05, 4.69) is 115 Å². The Kier molecular flexibility index (Phi) is 7.21. The maximum absolute atomic E-state index is 13.1. The van der Waals surface area contributed by atoms with Gasteiger partial charge in [0.15, 0.2) is 0 Å². The Labute approximate surface area is 305 Å². The van der Waals surface area contributed by atoms with E-state index in [-0.39, 0.29) is 5.75 Å². The van der Waals surface area contributed by atoms with Gasteiger partial charge in [0.1, 0.15) is 5.75 Å². The summed E-state index contributed by atoms with van der Waals surface area (Å²) in [6, 6.07) is 60.2. The number of phosphoric acid groups is 1. The van der Waals surface area contributed by atoms with Crippen molar-refractivity contribution in [3.63, 3.8) is 0 Å². The zero-order valence-corrected chi connectivity index (χ0v) is 29.3. The summed E-state index contributed by atoms with van der Waals surface area (Å²) in [5.41, 5.74) is 4.95. The lowest BCUT2D eigenvalue weighted by Gasteiger charge is -2.22. The van der Waals surface area contributed by atoms with E-state index in [1.807, 2.05) is 60.7 Å². The van der Waals surface area contributed by atoms with Crippen molar-refractivity contribution >= 4 is 72.5 Å². The van der Waals surface area contributed by atoms with Crippen molar-refractivity contribution in [3.05, 3.63) is 176 Å². The maximum Gasteiger partial charge on any atom is 0.524 e. The summed E-state index contributed by atoms with van der Waals surface area (Å²) in [5, 5.41) is 12.5. The minimum atomic E-state index is -5.06. The van der Waals surface area contributed by atoms with Crippen LogP contribution in [0.25, 0.3) is 98.0 Å². The average molecular weight is 703 g/mol. The van der Waals surface area contributed by atoms with Gasteiger partial charge in [-0.25, -0.2) is 4.57 Å². The minimum absolute atomic E-state index is 0.142. The Balaban J connectivity index is 1.36. The monoisotopic (exact) mass is 702 g/mol. The van der Waals surface area contributed by atoms with E-state index in [4.69, 9.17) is 4.52 Å². The van der Waals surface area contributed by atoms with Crippen molar-refractivity contribution in [2.24, 2.45) is 0 Å². The SMILES string of the molecule is O=P(O)(O)Oc1c(-c2cc3ccccc3c3ccccc23)cc2ccccc2c1-c1cc(-c2cc3ccccc3c3ccccc23)cc2ccccc12. The van der Waals surface area contributed by atoms with E-state index in [9.17, 15) is 14.4 Å². The second-order valence-electron chi connectivity index (χ2n) is 13.6. The number of fused-ring (bicyclic) bond motifs is 8. The van der Waals surface area contributed by atoms with Gasteiger partial charge < -0.3 is 4.52 Å². The molecule has 0 atom stereocenters. The molecule has 0 aromatic heterocycles. The van der Waals surface area contributed by atoms with Crippen LogP contribution in [-0.4, -0.2) is 9.79 Å². The van der Waals surface area contributed by atoms with Crippen molar-refractivity contribution < 1.29 is 18.9 Å². The lowest BCUT2D eigenvalue weighted by Crippen LogP contribution is -1.99. The van der Waals surface area contributed by atoms with E-state index < -0.39 is 7.82 Å². The fourth-order valence-corrected chi connectivity index (χ4v) is 8.68. The Morgan fingerprint density at radius 1 is 0.358 bits per heavy atom. The molecular formula is C48H31O4P. The van der Waals surface area contributed by atoms with Gasteiger partial charge in [0.25, 0.3) is 0 Å². The van der Waals surface area contributed by atoms with Crippen LogP contribution in [0, 0.1) is 0 Å². The quantitative estimate of drug-likeness (QED) is 0.138. The molecule has 0 unspecified atom stereocenters. The summed E-state index contributed by atoms with van der Waals surface area (Å²) < 4.78 is 19.0. The standard InChI is InChI=1S/C48H31O4P/c49-53(50,51)52-48-46(44-27-32-15-3-6-18-36(32)40-22-10-12-24-42(40)44)28-33-16-4-8-20-38(33)47(48)45-29-34(25-30-13-1-7-19-37(30)45)43-26-31-14-2-5-17-35(31)39-21-9-11-23-41(39)43/h1-29H,(H2,49,50,51). The van der Waals surface area contributed by atoms with E-state index in [1.165, 1.54) is 5.39 Å². The molecular weight excluding hydrogens is 671 g/mol. The molecule has 0 radical (unpaired) electrons. The highest BCUT2D eigenvalue weighted by molar-refractivity contribution is 7.46. The fourth-order valence-electron chi connectivity index (χ4n) is 8.25. The predicted molar refractivity (Wildman–Crippen MR) is 220 cm³/mol. The van der Waals surface area contributed by atoms with E-state index in [0.29, 0.717) is 11.1 Å². The van der Waals surface area contributed by atoms with Crippen LogP contribution in [-0.2, 0) is 4.57 Å². The van der Waals surface area contributed by atoms with Gasteiger partial charge in [0.05, 0.1) is 0 Å². The number of benzene rings is 10. The van der Waals surface area contributed by atoms with Gasteiger partial charge in [0.2, 0.25) is 0 Å². The Bertz CT molecular complexity index is 3160. The van der Waals surface area contributed by atoms with E-state index in [1.54, 1.807) is 0 Å². The van der Waals surface area contributed by atoms with Crippen LogP contribution >= 0.6 is 7.82 Å². The molecule has 252 valence electrons. The average Bonchev–Trinajstić information content (AvgIpc) is 3.19. The topological polar surface area (TPSA) is 66.8 Å². The van der Waals surface area contributed by atoms with Crippen molar-refractivity contribution in [2.45, 2.75) is 0 Å². The number of phosphoric ester groups is 1. The van der Waals surface area contributed by atoms with E-state index >= 15 is 0 Å². The van der Waals surface area contributed by atoms with E-state index in [0.717, 1.165) is 81.5 Å². The molecule has 0 saturated carbocycles. The largest absolute Gasteiger partial charge is 0.524 e. The molecule has 0 aliphatic carbocycles. The molecule has 0 saturated heterocycles. The van der Waals surface area contributed by atoms with Crippen LogP contribution in [0.2, 0.25) is 0 Å². The zero-order chi connectivity index (χ0) is 35.7. The molecule has 4 nitrogen and oxygen atoms in total. The minimum Gasteiger partial charge on any atom is -0.403 e. The van der Waals surface area contributed by atoms with Crippen LogP contribution < -0.4 is 4.52 Å². The van der Waals surface area contributed by atoms with Crippen LogP contribution in [0.1, 0.15) is 0 Å². The molecule has 5 heteroatoms. The van der Waals surface area contributed by atoms with Crippen molar-refractivity contribution in [2.75, 3.05) is 0 Å². The second kappa shape index (κ2) is 12.2. The third kappa shape index (κ3) is 5.27. The molecule has 0 heterocycles. The molecule has 0 spiro atoms. The highest BCUT2D eigenvalue weighted by Crippen LogP contribution is 2.53. The molecule has 10 rings (SSSR count). The lowest BCUT2D eigenvalue weighted by atomic mass is 9.85. The summed E-state index contributed by atoms with van der Waals surface area (Å²) in [5.74, 6) is 0.142. The fraction of sp³-hybridized carbons (Fsp3) is 0. The third-order valence-electron chi connectivity index (χ3n) is 10.5. The molecule has 0 aliphatic rings. The Morgan fingerprint density at radius 2 is 0.755 bits per heavy atom. The molecule has 0 bridgehead atoms. The van der Waals surface area contributed by atoms with Gasteiger partial charge in [-0.15, -0.1) is 0 Å². The van der Waals surface area contributed by atoms with Crippen LogP contribution in [0.4, 0.5) is 0 Å². The molecule has 2 N–H and O–H groups in total. The summed E-state index contributed by atoms with van der Waals surface area (Å²) in [6.45, 7) is 0. The number of hydrogen-bond acceptors (Lipinski definition) is 2. The first-order valence-electron chi connectivity index (χ1n) is 17.6. The first-order chi connectivity index (χ1) is 25.9. The van der Waals surface area contributed by atoms with Gasteiger partial charge >= 0.3 is 7.82 Å². The molecule has 0 amide bonds. The normalized spacial score (nSPS) is 12.0. The van der Waals surface area contributed by atoms with Crippen LogP contribution in [0.3, 0.4) is 0 Å². The summed E-state index contributed by atoms with van der Waals surface area (Å²) in [7, 11) is -5.06. The predicted octanol–water partition coefficient (Wildman–Crippen LogP) is 13.1. The molecule has 10 aromatic carbocycles. The van der Waals surface area contributed by atoms with Gasteiger partial charge in [-0.1, -0.05) is 146 Å².